The Morgan fingerprint density at radius 3 is 2.41 bits per heavy atom. The standard InChI is InChI=1S/C20H25N3O5S/c1-2-20(14-6-4-3-5-7-14)18(25)22(19(26)21-20)12-17(24)23(15-8-9-15)16-10-11-29(27,28)13-16/h3-7,15-16H,2,8-13H2,1H3,(H,21,26)/t16-,20-/m1/s1. The van der Waals surface area contributed by atoms with E-state index in [1.54, 1.807) is 29.2 Å². The van der Waals surface area contributed by atoms with E-state index < -0.39 is 27.3 Å². The van der Waals surface area contributed by atoms with Crippen molar-refractivity contribution in [1.82, 2.24) is 15.1 Å². The molecule has 0 bridgehead atoms. The number of hydrogen-bond acceptors (Lipinski definition) is 5. The quantitative estimate of drug-likeness (QED) is 0.694. The molecule has 1 aromatic rings. The van der Waals surface area contributed by atoms with Gasteiger partial charge in [-0.2, -0.15) is 0 Å². The highest BCUT2D eigenvalue weighted by atomic mass is 32.2. The average Bonchev–Trinajstić information content (AvgIpc) is 3.41. The first-order valence-corrected chi connectivity index (χ1v) is 11.8. The molecule has 4 amide bonds. The van der Waals surface area contributed by atoms with Crippen LogP contribution in [0.15, 0.2) is 30.3 Å². The third kappa shape index (κ3) is 3.52. The summed E-state index contributed by atoms with van der Waals surface area (Å²) in [6, 6.07) is 8.05. The molecule has 0 spiro atoms. The van der Waals surface area contributed by atoms with E-state index >= 15 is 0 Å². The van der Waals surface area contributed by atoms with Crippen LogP contribution in [-0.2, 0) is 25.0 Å². The largest absolute Gasteiger partial charge is 0.334 e. The molecule has 2 saturated heterocycles. The molecule has 9 heteroatoms. The first-order valence-electron chi connectivity index (χ1n) is 9.98. The number of rotatable bonds is 6. The van der Waals surface area contributed by atoms with Crippen LogP contribution in [-0.4, -0.2) is 66.2 Å². The van der Waals surface area contributed by atoms with Gasteiger partial charge in [-0.15, -0.1) is 0 Å². The molecule has 1 saturated carbocycles. The van der Waals surface area contributed by atoms with E-state index in [0.717, 1.165) is 17.7 Å². The van der Waals surface area contributed by atoms with Crippen LogP contribution in [0, 0.1) is 0 Å². The Morgan fingerprint density at radius 2 is 1.86 bits per heavy atom. The summed E-state index contributed by atoms with van der Waals surface area (Å²) in [5.74, 6) is -0.778. The first kappa shape index (κ1) is 19.9. The van der Waals surface area contributed by atoms with Crippen LogP contribution in [0.5, 0.6) is 0 Å². The lowest BCUT2D eigenvalue weighted by atomic mass is 9.87. The van der Waals surface area contributed by atoms with Gasteiger partial charge in [0.1, 0.15) is 12.1 Å². The van der Waals surface area contributed by atoms with Crippen molar-refractivity contribution in [3.63, 3.8) is 0 Å². The van der Waals surface area contributed by atoms with E-state index in [2.05, 4.69) is 5.32 Å². The molecule has 1 aliphatic carbocycles. The molecule has 2 atom stereocenters. The van der Waals surface area contributed by atoms with Crippen LogP contribution >= 0.6 is 0 Å². The van der Waals surface area contributed by atoms with Crippen LogP contribution in [0.25, 0.3) is 0 Å². The molecule has 0 radical (unpaired) electrons. The summed E-state index contributed by atoms with van der Waals surface area (Å²) in [5, 5.41) is 2.78. The minimum absolute atomic E-state index is 0.00613. The van der Waals surface area contributed by atoms with Crippen molar-refractivity contribution in [2.75, 3.05) is 18.1 Å². The van der Waals surface area contributed by atoms with E-state index in [1.807, 2.05) is 13.0 Å². The maximum atomic E-state index is 13.2. The van der Waals surface area contributed by atoms with Gasteiger partial charge < -0.3 is 10.2 Å². The van der Waals surface area contributed by atoms with Crippen molar-refractivity contribution in [2.45, 2.75) is 50.2 Å². The van der Waals surface area contributed by atoms with E-state index in [-0.39, 0.29) is 36.0 Å². The summed E-state index contributed by atoms with van der Waals surface area (Å²) in [7, 11) is -3.14. The Hall–Kier alpha value is -2.42. The zero-order valence-corrected chi connectivity index (χ0v) is 17.2. The number of nitrogens with one attached hydrogen (secondary N) is 1. The van der Waals surface area contributed by atoms with Crippen molar-refractivity contribution in [1.29, 1.82) is 0 Å². The first-order chi connectivity index (χ1) is 13.8. The van der Waals surface area contributed by atoms with E-state index in [0.29, 0.717) is 18.4 Å². The molecule has 3 aliphatic rings. The smallest absolute Gasteiger partial charge is 0.325 e. The Kier molecular flexibility index (Phi) is 4.88. The number of carbonyl (C=O) groups is 3. The second-order valence-corrected chi connectivity index (χ2v) is 10.3. The van der Waals surface area contributed by atoms with Gasteiger partial charge in [0.25, 0.3) is 5.91 Å². The summed E-state index contributed by atoms with van der Waals surface area (Å²) >= 11 is 0. The summed E-state index contributed by atoms with van der Waals surface area (Å²) < 4.78 is 23.7. The molecule has 156 valence electrons. The molecule has 2 aliphatic heterocycles. The van der Waals surface area contributed by atoms with Crippen LogP contribution in [0.4, 0.5) is 4.79 Å². The number of nitrogens with zero attached hydrogens (tertiary/aromatic N) is 2. The lowest BCUT2D eigenvalue weighted by Gasteiger charge is -2.30. The third-order valence-electron chi connectivity index (χ3n) is 6.10. The zero-order chi connectivity index (χ0) is 20.8. The number of sulfone groups is 1. The Labute approximate surface area is 170 Å². The monoisotopic (exact) mass is 419 g/mol. The second-order valence-electron chi connectivity index (χ2n) is 8.04. The van der Waals surface area contributed by atoms with Crippen molar-refractivity contribution in [3.05, 3.63) is 35.9 Å². The molecular formula is C20H25N3O5S. The molecule has 8 nitrogen and oxygen atoms in total. The zero-order valence-electron chi connectivity index (χ0n) is 16.3. The van der Waals surface area contributed by atoms with Crippen LogP contribution in [0.2, 0.25) is 0 Å². The van der Waals surface area contributed by atoms with Gasteiger partial charge in [0.2, 0.25) is 5.91 Å². The van der Waals surface area contributed by atoms with E-state index in [9.17, 15) is 22.8 Å². The van der Waals surface area contributed by atoms with E-state index in [1.165, 1.54) is 0 Å². The topological polar surface area (TPSA) is 104 Å². The summed E-state index contributed by atoms with van der Waals surface area (Å²) in [6.07, 6.45) is 2.42. The Bertz CT molecular complexity index is 944. The molecule has 1 aromatic carbocycles. The van der Waals surface area contributed by atoms with Gasteiger partial charge in [0, 0.05) is 12.1 Å². The second kappa shape index (κ2) is 7.12. The molecule has 0 unspecified atom stereocenters. The predicted octanol–water partition coefficient (Wildman–Crippen LogP) is 1.02. The number of benzene rings is 1. The number of imide groups is 1. The maximum absolute atomic E-state index is 13.2. The van der Waals surface area contributed by atoms with Gasteiger partial charge in [-0.25, -0.2) is 13.2 Å². The fraction of sp³-hybridized carbons (Fsp3) is 0.550. The molecule has 0 aromatic heterocycles. The van der Waals surface area contributed by atoms with E-state index in [4.69, 9.17) is 0 Å². The maximum Gasteiger partial charge on any atom is 0.325 e. The Balaban J connectivity index is 1.55. The highest BCUT2D eigenvalue weighted by molar-refractivity contribution is 7.91. The summed E-state index contributed by atoms with van der Waals surface area (Å²) in [6.45, 7) is 1.45. The SMILES string of the molecule is CC[C@]1(c2ccccc2)NC(=O)N(CC(=O)N(C2CC2)[C@@H]2CCS(=O)(=O)C2)C1=O. The molecule has 29 heavy (non-hydrogen) atoms. The van der Waals surface area contributed by atoms with Crippen molar-refractivity contribution in [2.24, 2.45) is 0 Å². The Morgan fingerprint density at radius 1 is 1.17 bits per heavy atom. The van der Waals surface area contributed by atoms with Gasteiger partial charge in [0.05, 0.1) is 11.5 Å². The van der Waals surface area contributed by atoms with Crippen molar-refractivity contribution >= 4 is 27.7 Å². The van der Waals surface area contributed by atoms with Gasteiger partial charge in [-0.1, -0.05) is 37.3 Å². The van der Waals surface area contributed by atoms with Gasteiger partial charge >= 0.3 is 6.03 Å². The summed E-state index contributed by atoms with van der Waals surface area (Å²) in [5.41, 5.74) is -0.503. The molecule has 4 rings (SSSR count). The van der Waals surface area contributed by atoms with Crippen molar-refractivity contribution in [3.8, 4) is 0 Å². The predicted molar refractivity (Wildman–Crippen MR) is 106 cm³/mol. The molecule has 3 fully saturated rings. The fourth-order valence-corrected chi connectivity index (χ4v) is 6.11. The highest BCUT2D eigenvalue weighted by Gasteiger charge is 2.52. The summed E-state index contributed by atoms with van der Waals surface area (Å²) in [4.78, 5) is 41.5. The van der Waals surface area contributed by atoms with Crippen LogP contribution < -0.4 is 5.32 Å². The van der Waals surface area contributed by atoms with Crippen LogP contribution in [0.3, 0.4) is 0 Å². The highest BCUT2D eigenvalue weighted by Crippen LogP contribution is 2.35. The van der Waals surface area contributed by atoms with Crippen molar-refractivity contribution < 1.29 is 22.8 Å². The molecular weight excluding hydrogens is 394 g/mol. The number of carbonyl (C=O) groups excluding carboxylic acids is 3. The lowest BCUT2D eigenvalue weighted by molar-refractivity contribution is -0.140. The van der Waals surface area contributed by atoms with Gasteiger partial charge in [0.15, 0.2) is 9.84 Å². The normalized spacial score (nSPS) is 28.4. The third-order valence-corrected chi connectivity index (χ3v) is 7.85. The number of hydrogen-bond donors (Lipinski definition) is 1. The molecule has 2 heterocycles. The number of urea groups is 1. The fourth-order valence-electron chi connectivity index (χ4n) is 4.40. The minimum atomic E-state index is -3.14. The lowest BCUT2D eigenvalue weighted by Crippen LogP contribution is -2.49. The molecule has 1 N–H and O–H groups in total. The minimum Gasteiger partial charge on any atom is -0.334 e. The average molecular weight is 420 g/mol. The van der Waals surface area contributed by atoms with Crippen LogP contribution in [0.1, 0.15) is 38.2 Å². The number of amides is 4. The van der Waals surface area contributed by atoms with Gasteiger partial charge in [-0.05, 0) is 31.2 Å². The van der Waals surface area contributed by atoms with Gasteiger partial charge in [-0.3, -0.25) is 14.5 Å².